The first kappa shape index (κ1) is 11.3. The lowest BCUT2D eigenvalue weighted by molar-refractivity contribution is 0.102. The summed E-state index contributed by atoms with van der Waals surface area (Å²) in [6, 6.07) is 14.0. The number of amides is 1. The van der Waals surface area contributed by atoms with Crippen molar-refractivity contribution in [1.82, 2.24) is 4.98 Å². The van der Waals surface area contributed by atoms with Crippen molar-refractivity contribution in [3.05, 3.63) is 60.3 Å². The highest BCUT2D eigenvalue weighted by atomic mass is 16.3. The monoisotopic (exact) mass is 252 g/mol. The number of nitrogens with one attached hydrogen (secondary N) is 2. The van der Waals surface area contributed by atoms with Gasteiger partial charge in [-0.2, -0.15) is 0 Å². The molecule has 0 saturated carbocycles. The summed E-state index contributed by atoms with van der Waals surface area (Å²) in [7, 11) is 0. The smallest absolute Gasteiger partial charge is 0.259 e. The molecule has 1 heterocycles. The molecule has 94 valence electrons. The van der Waals surface area contributed by atoms with E-state index >= 15 is 0 Å². The van der Waals surface area contributed by atoms with Gasteiger partial charge in [-0.3, -0.25) is 4.79 Å². The van der Waals surface area contributed by atoms with Crippen LogP contribution in [0.3, 0.4) is 0 Å². The van der Waals surface area contributed by atoms with Gasteiger partial charge in [-0.15, -0.1) is 0 Å². The van der Waals surface area contributed by atoms with Gasteiger partial charge in [0, 0.05) is 17.4 Å². The van der Waals surface area contributed by atoms with Gasteiger partial charge >= 0.3 is 0 Å². The summed E-state index contributed by atoms with van der Waals surface area (Å²) in [5.74, 6) is -0.357. The van der Waals surface area contributed by atoms with Crippen molar-refractivity contribution in [2.75, 3.05) is 5.32 Å². The molecule has 4 heteroatoms. The summed E-state index contributed by atoms with van der Waals surface area (Å²) in [5.41, 5.74) is 1.90. The number of phenols is 1. The second-order valence-electron chi connectivity index (χ2n) is 4.25. The molecule has 0 aliphatic heterocycles. The number of hydrogen-bond donors (Lipinski definition) is 3. The van der Waals surface area contributed by atoms with Gasteiger partial charge in [-0.05, 0) is 35.7 Å². The quantitative estimate of drug-likeness (QED) is 0.656. The van der Waals surface area contributed by atoms with Crippen LogP contribution in [0.2, 0.25) is 0 Å². The molecule has 1 amide bonds. The number of H-pyrrole nitrogens is 1. The normalized spacial score (nSPS) is 10.5. The van der Waals surface area contributed by atoms with Crippen LogP contribution in [0, 0.1) is 0 Å². The Morgan fingerprint density at radius 1 is 1.11 bits per heavy atom. The Balaban J connectivity index is 1.88. The van der Waals surface area contributed by atoms with Crippen molar-refractivity contribution in [2.24, 2.45) is 0 Å². The van der Waals surface area contributed by atoms with Gasteiger partial charge in [0.25, 0.3) is 5.91 Å². The number of rotatable bonds is 2. The number of para-hydroxylation sites is 1. The molecular formula is C15H12N2O2. The summed E-state index contributed by atoms with van der Waals surface area (Å²) in [5, 5.41) is 13.5. The first-order valence-electron chi connectivity index (χ1n) is 5.90. The molecule has 3 N–H and O–H groups in total. The van der Waals surface area contributed by atoms with Crippen LogP contribution in [0.25, 0.3) is 10.9 Å². The Labute approximate surface area is 109 Å². The molecule has 0 bridgehead atoms. The molecule has 0 radical (unpaired) electrons. The summed E-state index contributed by atoms with van der Waals surface area (Å²) in [6.45, 7) is 0. The molecule has 0 aliphatic carbocycles. The van der Waals surface area contributed by atoms with Crippen LogP contribution >= 0.6 is 0 Å². The molecule has 0 saturated heterocycles. The first-order valence-corrected chi connectivity index (χ1v) is 5.90. The maximum absolute atomic E-state index is 12.0. The SMILES string of the molecule is O=C(Nc1ccc2cc[nH]c2c1)c1ccccc1O. The zero-order valence-corrected chi connectivity index (χ0v) is 10.1. The van der Waals surface area contributed by atoms with Crippen LogP contribution in [0.15, 0.2) is 54.7 Å². The number of aromatic hydroxyl groups is 1. The number of fused-ring (bicyclic) bond motifs is 1. The minimum atomic E-state index is -0.330. The van der Waals surface area contributed by atoms with E-state index in [1.165, 1.54) is 6.07 Å². The maximum atomic E-state index is 12.0. The molecule has 0 aliphatic rings. The third-order valence-corrected chi connectivity index (χ3v) is 2.96. The fraction of sp³-hybridized carbons (Fsp3) is 0. The Kier molecular flexibility index (Phi) is 2.68. The zero-order chi connectivity index (χ0) is 13.2. The molecule has 3 aromatic rings. The van der Waals surface area contributed by atoms with E-state index in [1.807, 2.05) is 30.5 Å². The number of hydrogen-bond acceptors (Lipinski definition) is 2. The minimum absolute atomic E-state index is 0.0269. The van der Waals surface area contributed by atoms with Gasteiger partial charge in [0.05, 0.1) is 5.56 Å². The van der Waals surface area contributed by atoms with Crippen molar-refractivity contribution < 1.29 is 9.90 Å². The van der Waals surface area contributed by atoms with E-state index in [0.29, 0.717) is 5.69 Å². The molecular weight excluding hydrogens is 240 g/mol. The van der Waals surface area contributed by atoms with Crippen molar-refractivity contribution in [3.63, 3.8) is 0 Å². The van der Waals surface area contributed by atoms with Crippen molar-refractivity contribution in [3.8, 4) is 5.75 Å². The Hall–Kier alpha value is -2.75. The lowest BCUT2D eigenvalue weighted by Crippen LogP contribution is -2.11. The number of carbonyl (C=O) groups excluding carboxylic acids is 1. The fourth-order valence-corrected chi connectivity index (χ4v) is 1.99. The third kappa shape index (κ3) is 2.15. The molecule has 2 aromatic carbocycles. The Morgan fingerprint density at radius 3 is 2.79 bits per heavy atom. The number of aromatic amines is 1. The van der Waals surface area contributed by atoms with Crippen LogP contribution in [-0.4, -0.2) is 16.0 Å². The van der Waals surface area contributed by atoms with E-state index in [9.17, 15) is 9.90 Å². The van der Waals surface area contributed by atoms with Gasteiger partial charge in [-0.25, -0.2) is 0 Å². The Bertz CT molecular complexity index is 746. The average Bonchev–Trinajstić information content (AvgIpc) is 2.86. The van der Waals surface area contributed by atoms with E-state index in [0.717, 1.165) is 10.9 Å². The van der Waals surface area contributed by atoms with Crippen LogP contribution in [0.4, 0.5) is 5.69 Å². The number of benzene rings is 2. The largest absolute Gasteiger partial charge is 0.507 e. The van der Waals surface area contributed by atoms with Gasteiger partial charge < -0.3 is 15.4 Å². The Morgan fingerprint density at radius 2 is 1.95 bits per heavy atom. The molecule has 0 atom stereocenters. The van der Waals surface area contributed by atoms with Crippen molar-refractivity contribution in [2.45, 2.75) is 0 Å². The molecule has 3 rings (SSSR count). The van der Waals surface area contributed by atoms with Crippen molar-refractivity contribution >= 4 is 22.5 Å². The highest BCUT2D eigenvalue weighted by Crippen LogP contribution is 2.20. The topological polar surface area (TPSA) is 65.1 Å². The first-order chi connectivity index (χ1) is 9.24. The molecule has 0 fully saturated rings. The standard InChI is InChI=1S/C15H12N2O2/c18-14-4-2-1-3-12(14)15(19)17-11-6-5-10-7-8-16-13(10)9-11/h1-9,16,18H,(H,17,19). The number of aromatic nitrogens is 1. The lowest BCUT2D eigenvalue weighted by atomic mass is 10.1. The molecule has 0 spiro atoms. The van der Waals surface area contributed by atoms with E-state index in [2.05, 4.69) is 10.3 Å². The zero-order valence-electron chi connectivity index (χ0n) is 10.1. The predicted molar refractivity (Wildman–Crippen MR) is 74.4 cm³/mol. The number of anilines is 1. The second kappa shape index (κ2) is 4.49. The number of carbonyl (C=O) groups is 1. The lowest BCUT2D eigenvalue weighted by Gasteiger charge is -2.06. The second-order valence-corrected chi connectivity index (χ2v) is 4.25. The van der Waals surface area contributed by atoms with Crippen LogP contribution in [0.1, 0.15) is 10.4 Å². The van der Waals surface area contributed by atoms with Crippen molar-refractivity contribution in [1.29, 1.82) is 0 Å². The molecule has 4 nitrogen and oxygen atoms in total. The van der Waals surface area contributed by atoms with Gasteiger partial charge in [0.2, 0.25) is 0 Å². The van der Waals surface area contributed by atoms with E-state index in [4.69, 9.17) is 0 Å². The van der Waals surface area contributed by atoms with Crippen LogP contribution < -0.4 is 5.32 Å². The molecule has 0 unspecified atom stereocenters. The van der Waals surface area contributed by atoms with Gasteiger partial charge in [-0.1, -0.05) is 18.2 Å². The molecule has 1 aromatic heterocycles. The summed E-state index contributed by atoms with van der Waals surface area (Å²) < 4.78 is 0. The summed E-state index contributed by atoms with van der Waals surface area (Å²) in [6.07, 6.45) is 1.85. The van der Waals surface area contributed by atoms with Crippen LogP contribution in [0.5, 0.6) is 5.75 Å². The minimum Gasteiger partial charge on any atom is -0.507 e. The maximum Gasteiger partial charge on any atom is 0.259 e. The van der Waals surface area contributed by atoms with Gasteiger partial charge in [0.15, 0.2) is 0 Å². The summed E-state index contributed by atoms with van der Waals surface area (Å²) in [4.78, 5) is 15.1. The van der Waals surface area contributed by atoms with E-state index in [-0.39, 0.29) is 17.2 Å². The number of phenolic OH excluding ortho intramolecular Hbond substituents is 1. The third-order valence-electron chi connectivity index (χ3n) is 2.96. The highest BCUT2D eigenvalue weighted by molar-refractivity contribution is 6.06. The average molecular weight is 252 g/mol. The van der Waals surface area contributed by atoms with E-state index in [1.54, 1.807) is 18.2 Å². The van der Waals surface area contributed by atoms with E-state index < -0.39 is 0 Å². The summed E-state index contributed by atoms with van der Waals surface area (Å²) >= 11 is 0. The fourth-order valence-electron chi connectivity index (χ4n) is 1.99. The molecule has 19 heavy (non-hydrogen) atoms. The predicted octanol–water partition coefficient (Wildman–Crippen LogP) is 3.13. The van der Waals surface area contributed by atoms with Crippen LogP contribution in [-0.2, 0) is 0 Å². The highest BCUT2D eigenvalue weighted by Gasteiger charge is 2.10. The van der Waals surface area contributed by atoms with Gasteiger partial charge in [0.1, 0.15) is 5.75 Å².